The van der Waals surface area contributed by atoms with Crippen molar-refractivity contribution in [2.45, 2.75) is 20.0 Å². The molecule has 0 aliphatic heterocycles. The number of carbonyl (C=O) groups is 1. The van der Waals surface area contributed by atoms with Crippen LogP contribution in [0, 0.1) is 17.3 Å². The van der Waals surface area contributed by atoms with Crippen molar-refractivity contribution < 1.29 is 22.7 Å². The van der Waals surface area contributed by atoms with Crippen LogP contribution in [0.3, 0.4) is 0 Å². The van der Waals surface area contributed by atoms with E-state index in [0.29, 0.717) is 0 Å². The molecule has 2 unspecified atom stereocenters. The van der Waals surface area contributed by atoms with Gasteiger partial charge in [-0.15, -0.1) is 0 Å². The maximum atomic E-state index is 11.9. The zero-order valence-corrected chi connectivity index (χ0v) is 8.76. The van der Waals surface area contributed by atoms with E-state index in [9.17, 15) is 18.0 Å². The summed E-state index contributed by atoms with van der Waals surface area (Å²) >= 11 is 0. The van der Waals surface area contributed by atoms with Crippen molar-refractivity contribution in [2.24, 2.45) is 17.3 Å². The van der Waals surface area contributed by atoms with Gasteiger partial charge in [0, 0.05) is 6.08 Å². The predicted octanol–water partition coefficient (Wildman–Crippen LogP) is 2.55. The molecular formula is C10H13F3O2. The molecule has 1 rings (SSSR count). The second kappa shape index (κ2) is 3.54. The standard InChI is InChI=1S/C10H13F3O2/c1-9(2)6(4-5-10(11,12)13)7(9)8(14)15-3/h4-7H,1-3H3. The third-order valence-electron chi connectivity index (χ3n) is 2.86. The highest BCUT2D eigenvalue weighted by molar-refractivity contribution is 5.78. The lowest BCUT2D eigenvalue weighted by Crippen LogP contribution is -2.07. The summed E-state index contributed by atoms with van der Waals surface area (Å²) in [6, 6.07) is 0. The highest BCUT2D eigenvalue weighted by Crippen LogP contribution is 2.59. The minimum absolute atomic E-state index is 0.183. The Bertz CT molecular complexity index is 292. The molecule has 0 aromatic heterocycles. The van der Waals surface area contributed by atoms with Crippen molar-refractivity contribution in [2.75, 3.05) is 7.11 Å². The number of esters is 1. The fourth-order valence-corrected chi connectivity index (χ4v) is 1.83. The van der Waals surface area contributed by atoms with Gasteiger partial charge in [0.15, 0.2) is 0 Å². The molecule has 1 aliphatic carbocycles. The summed E-state index contributed by atoms with van der Waals surface area (Å²) in [6.45, 7) is 3.50. The molecule has 0 radical (unpaired) electrons. The van der Waals surface area contributed by atoms with E-state index in [4.69, 9.17) is 0 Å². The summed E-state index contributed by atoms with van der Waals surface area (Å²) in [6.07, 6.45) is -3.09. The van der Waals surface area contributed by atoms with Gasteiger partial charge in [0.2, 0.25) is 0 Å². The molecule has 0 aromatic carbocycles. The van der Waals surface area contributed by atoms with Gasteiger partial charge in [0.25, 0.3) is 0 Å². The normalized spacial score (nSPS) is 29.2. The van der Waals surface area contributed by atoms with Gasteiger partial charge in [-0.1, -0.05) is 19.9 Å². The maximum absolute atomic E-state index is 11.9. The van der Waals surface area contributed by atoms with Gasteiger partial charge in [-0.2, -0.15) is 13.2 Å². The van der Waals surface area contributed by atoms with E-state index in [0.717, 1.165) is 6.08 Å². The van der Waals surface area contributed by atoms with Crippen molar-refractivity contribution >= 4 is 5.97 Å². The molecule has 0 amide bonds. The van der Waals surface area contributed by atoms with Crippen LogP contribution in [0.15, 0.2) is 12.2 Å². The number of ether oxygens (including phenoxy) is 1. The van der Waals surface area contributed by atoms with Crippen LogP contribution >= 0.6 is 0 Å². The van der Waals surface area contributed by atoms with E-state index in [1.807, 2.05) is 0 Å². The quantitative estimate of drug-likeness (QED) is 0.530. The Kier molecular flexibility index (Phi) is 2.85. The lowest BCUT2D eigenvalue weighted by atomic mass is 10.1. The van der Waals surface area contributed by atoms with Crippen molar-refractivity contribution in [1.82, 2.24) is 0 Å². The first-order chi connectivity index (χ1) is 6.70. The van der Waals surface area contributed by atoms with Crippen LogP contribution in [-0.4, -0.2) is 19.3 Å². The highest BCUT2D eigenvalue weighted by Gasteiger charge is 2.61. The lowest BCUT2D eigenvalue weighted by Gasteiger charge is -1.99. The fraction of sp³-hybridized carbons (Fsp3) is 0.700. The van der Waals surface area contributed by atoms with Crippen molar-refractivity contribution in [3.8, 4) is 0 Å². The molecule has 86 valence electrons. The van der Waals surface area contributed by atoms with Gasteiger partial charge in [-0.25, -0.2) is 0 Å². The molecule has 5 heteroatoms. The minimum Gasteiger partial charge on any atom is -0.469 e. The average Bonchev–Trinajstić information content (AvgIpc) is 2.62. The molecule has 2 nitrogen and oxygen atoms in total. The second-order valence-corrected chi connectivity index (χ2v) is 4.25. The first-order valence-corrected chi connectivity index (χ1v) is 4.54. The minimum atomic E-state index is -4.32. The molecule has 0 saturated heterocycles. The number of carbonyl (C=O) groups excluding carboxylic acids is 1. The number of allylic oxidation sites excluding steroid dienone is 2. The third kappa shape index (κ3) is 2.52. The van der Waals surface area contributed by atoms with Crippen molar-refractivity contribution in [1.29, 1.82) is 0 Å². The maximum Gasteiger partial charge on any atom is 0.409 e. The number of halogens is 3. The van der Waals surface area contributed by atoms with Gasteiger partial charge < -0.3 is 4.74 Å². The van der Waals surface area contributed by atoms with Crippen LogP contribution in [0.5, 0.6) is 0 Å². The first kappa shape index (κ1) is 12.1. The van der Waals surface area contributed by atoms with Crippen LogP contribution in [0.25, 0.3) is 0 Å². The largest absolute Gasteiger partial charge is 0.469 e. The Balaban J connectivity index is 2.67. The van der Waals surface area contributed by atoms with Crippen molar-refractivity contribution in [3.05, 3.63) is 12.2 Å². The van der Waals surface area contributed by atoms with Gasteiger partial charge in [0.05, 0.1) is 13.0 Å². The molecular weight excluding hydrogens is 209 g/mol. The van der Waals surface area contributed by atoms with E-state index in [1.54, 1.807) is 13.8 Å². The zero-order valence-electron chi connectivity index (χ0n) is 8.76. The van der Waals surface area contributed by atoms with Crippen LogP contribution in [0.1, 0.15) is 13.8 Å². The molecule has 0 aromatic rings. The second-order valence-electron chi connectivity index (χ2n) is 4.25. The number of methoxy groups -OCH3 is 1. The summed E-state index contributed by atoms with van der Waals surface area (Å²) in [5.74, 6) is -1.29. The van der Waals surface area contributed by atoms with E-state index in [-0.39, 0.29) is 12.0 Å². The Morgan fingerprint density at radius 3 is 2.33 bits per heavy atom. The van der Waals surface area contributed by atoms with Crippen LogP contribution in [0.2, 0.25) is 0 Å². The summed E-state index contributed by atoms with van der Waals surface area (Å²) < 4.78 is 40.2. The topological polar surface area (TPSA) is 26.3 Å². The van der Waals surface area contributed by atoms with Crippen LogP contribution in [0.4, 0.5) is 13.2 Å². The van der Waals surface area contributed by atoms with Gasteiger partial charge in [0.1, 0.15) is 0 Å². The molecule has 1 fully saturated rings. The SMILES string of the molecule is COC(=O)C1C(C=CC(F)(F)F)C1(C)C. The summed E-state index contributed by atoms with van der Waals surface area (Å²) in [5.41, 5.74) is -0.436. The molecule has 0 N–H and O–H groups in total. The number of hydrogen-bond donors (Lipinski definition) is 0. The van der Waals surface area contributed by atoms with Gasteiger partial charge in [-0.3, -0.25) is 4.79 Å². The molecule has 2 atom stereocenters. The average molecular weight is 222 g/mol. The summed E-state index contributed by atoms with van der Waals surface area (Å²) in [5, 5.41) is 0. The fourth-order valence-electron chi connectivity index (χ4n) is 1.83. The third-order valence-corrected chi connectivity index (χ3v) is 2.86. The van der Waals surface area contributed by atoms with E-state index in [1.165, 1.54) is 7.11 Å². The Labute approximate surface area is 86.1 Å². The van der Waals surface area contributed by atoms with Gasteiger partial charge >= 0.3 is 12.1 Å². The number of alkyl halides is 3. The van der Waals surface area contributed by atoms with Crippen molar-refractivity contribution in [3.63, 3.8) is 0 Å². The van der Waals surface area contributed by atoms with Crippen LogP contribution < -0.4 is 0 Å². The zero-order chi connectivity index (χ0) is 11.9. The molecule has 15 heavy (non-hydrogen) atoms. The number of rotatable bonds is 2. The number of hydrogen-bond acceptors (Lipinski definition) is 2. The van der Waals surface area contributed by atoms with Crippen LogP contribution in [-0.2, 0) is 9.53 Å². The molecule has 1 aliphatic rings. The smallest absolute Gasteiger partial charge is 0.409 e. The Morgan fingerprint density at radius 1 is 1.40 bits per heavy atom. The summed E-state index contributed by atoms with van der Waals surface area (Å²) in [4.78, 5) is 11.2. The van der Waals surface area contributed by atoms with E-state index in [2.05, 4.69) is 4.74 Å². The molecule has 0 spiro atoms. The molecule has 0 heterocycles. The molecule has 0 bridgehead atoms. The Hall–Kier alpha value is -1.00. The van der Waals surface area contributed by atoms with E-state index >= 15 is 0 Å². The van der Waals surface area contributed by atoms with Gasteiger partial charge in [-0.05, 0) is 11.3 Å². The predicted molar refractivity (Wildman–Crippen MR) is 48.0 cm³/mol. The highest BCUT2D eigenvalue weighted by atomic mass is 19.4. The molecule has 1 saturated carbocycles. The lowest BCUT2D eigenvalue weighted by molar-refractivity contribution is -0.143. The summed E-state index contributed by atoms with van der Waals surface area (Å²) in [7, 11) is 1.24. The first-order valence-electron chi connectivity index (χ1n) is 4.54. The monoisotopic (exact) mass is 222 g/mol. The Morgan fingerprint density at radius 2 is 1.93 bits per heavy atom. The van der Waals surface area contributed by atoms with E-state index < -0.39 is 23.5 Å².